The Bertz CT molecular complexity index is 1050. The number of benzene rings is 1. The van der Waals surface area contributed by atoms with Crippen molar-refractivity contribution >= 4 is 35.1 Å². The number of anilines is 1. The number of rotatable bonds is 5. The number of hydrogen-bond acceptors (Lipinski definition) is 6. The van der Waals surface area contributed by atoms with Crippen LogP contribution in [0.2, 0.25) is 10.0 Å². The Hall–Kier alpha value is -2.77. The summed E-state index contributed by atoms with van der Waals surface area (Å²) in [4.78, 5) is 32.6. The monoisotopic (exact) mass is 456 g/mol. The largest absolute Gasteiger partial charge is 0.352 e. The lowest BCUT2D eigenvalue weighted by atomic mass is 9.89. The number of hydrogen-bond donors (Lipinski definition) is 1. The molecule has 0 spiro atoms. The number of carbonyl (C=O) groups is 1. The fraction of sp³-hybridized carbons (Fsp3) is 0.318. The lowest BCUT2D eigenvalue weighted by Gasteiger charge is -2.40. The molecule has 2 unspecified atom stereocenters. The Kier molecular flexibility index (Phi) is 6.63. The van der Waals surface area contributed by atoms with Crippen LogP contribution in [0.25, 0.3) is 11.4 Å². The Balaban J connectivity index is 1.62. The van der Waals surface area contributed by atoms with Crippen LogP contribution in [0.3, 0.4) is 0 Å². The topological polar surface area (TPSA) is 83.9 Å². The molecule has 7 nitrogen and oxygen atoms in total. The van der Waals surface area contributed by atoms with Crippen molar-refractivity contribution < 1.29 is 4.79 Å². The molecular weight excluding hydrogens is 435 g/mol. The molecule has 0 bridgehead atoms. The summed E-state index contributed by atoms with van der Waals surface area (Å²) in [5.41, 5.74) is 1.06. The molecular formula is C22H22Cl2N6O. The first kappa shape index (κ1) is 21.5. The molecule has 3 heterocycles. The van der Waals surface area contributed by atoms with Gasteiger partial charge in [-0.1, -0.05) is 36.2 Å². The van der Waals surface area contributed by atoms with Crippen LogP contribution in [0.5, 0.6) is 0 Å². The van der Waals surface area contributed by atoms with Gasteiger partial charge in [-0.05, 0) is 37.0 Å². The molecule has 1 amide bonds. The van der Waals surface area contributed by atoms with E-state index in [0.717, 1.165) is 12.8 Å². The van der Waals surface area contributed by atoms with Gasteiger partial charge in [0, 0.05) is 25.5 Å². The first-order valence-electron chi connectivity index (χ1n) is 10.1. The smallest absolute Gasteiger partial charge is 0.254 e. The molecule has 3 aromatic rings. The fourth-order valence-electron chi connectivity index (χ4n) is 3.92. The molecule has 9 heteroatoms. The van der Waals surface area contributed by atoms with Crippen LogP contribution in [0.4, 0.5) is 5.95 Å². The van der Waals surface area contributed by atoms with Crippen LogP contribution in [0.15, 0.2) is 49.1 Å². The third-order valence-electron chi connectivity index (χ3n) is 5.50. The molecule has 1 aromatic carbocycles. The van der Waals surface area contributed by atoms with Crippen LogP contribution in [0.1, 0.15) is 30.1 Å². The number of likely N-dealkylation sites (tertiary alicyclic amines) is 1. The fourth-order valence-corrected chi connectivity index (χ4v) is 4.28. The van der Waals surface area contributed by atoms with E-state index < -0.39 is 0 Å². The normalized spacial score (nSPS) is 18.6. The molecule has 4 rings (SSSR count). The predicted molar refractivity (Wildman–Crippen MR) is 121 cm³/mol. The molecule has 160 valence electrons. The summed E-state index contributed by atoms with van der Waals surface area (Å²) in [5, 5.41) is 4.17. The Labute approximate surface area is 190 Å². The van der Waals surface area contributed by atoms with Gasteiger partial charge < -0.3 is 10.2 Å². The summed E-state index contributed by atoms with van der Waals surface area (Å²) >= 11 is 12.3. The van der Waals surface area contributed by atoms with Crippen LogP contribution in [0, 0.1) is 5.92 Å². The Morgan fingerprint density at radius 3 is 2.61 bits per heavy atom. The van der Waals surface area contributed by atoms with Gasteiger partial charge in [-0.2, -0.15) is 0 Å². The van der Waals surface area contributed by atoms with Crippen molar-refractivity contribution in [2.75, 3.05) is 18.4 Å². The molecule has 1 aliphatic heterocycles. The maximum Gasteiger partial charge on any atom is 0.254 e. The number of aromatic nitrogens is 4. The zero-order chi connectivity index (χ0) is 21.8. The number of nitrogens with one attached hydrogen (secondary N) is 1. The second-order valence-corrected chi connectivity index (χ2v) is 8.37. The predicted octanol–water partition coefficient (Wildman–Crippen LogP) is 4.59. The molecule has 1 N–H and O–H groups in total. The van der Waals surface area contributed by atoms with Crippen molar-refractivity contribution in [2.45, 2.75) is 25.8 Å². The van der Waals surface area contributed by atoms with E-state index in [1.54, 1.807) is 49.1 Å². The third kappa shape index (κ3) is 4.78. The van der Waals surface area contributed by atoms with Gasteiger partial charge in [0.15, 0.2) is 5.82 Å². The van der Waals surface area contributed by atoms with Gasteiger partial charge in [-0.15, -0.1) is 0 Å². The minimum atomic E-state index is -0.0830. The maximum absolute atomic E-state index is 13.7. The molecule has 0 aliphatic carbocycles. The average Bonchev–Trinajstić information content (AvgIpc) is 2.79. The van der Waals surface area contributed by atoms with Gasteiger partial charge in [0.25, 0.3) is 5.91 Å². The van der Waals surface area contributed by atoms with E-state index in [1.165, 1.54) is 0 Å². The summed E-state index contributed by atoms with van der Waals surface area (Å²) in [6.45, 7) is 3.36. The lowest BCUT2D eigenvalue weighted by molar-refractivity contribution is 0.0540. The number of halogens is 2. The van der Waals surface area contributed by atoms with E-state index in [4.69, 9.17) is 23.2 Å². The van der Waals surface area contributed by atoms with Crippen molar-refractivity contribution in [1.29, 1.82) is 0 Å². The molecule has 1 saturated heterocycles. The summed E-state index contributed by atoms with van der Waals surface area (Å²) in [6.07, 6.45) is 8.36. The number of amides is 1. The van der Waals surface area contributed by atoms with E-state index >= 15 is 0 Å². The highest BCUT2D eigenvalue weighted by Crippen LogP contribution is 2.32. The molecule has 1 aliphatic rings. The van der Waals surface area contributed by atoms with E-state index in [2.05, 4.69) is 32.2 Å². The maximum atomic E-state index is 13.7. The van der Waals surface area contributed by atoms with E-state index in [9.17, 15) is 4.79 Å². The van der Waals surface area contributed by atoms with Crippen molar-refractivity contribution in [1.82, 2.24) is 24.8 Å². The number of carbonyl (C=O) groups excluding carboxylic acids is 1. The SMILES string of the molecule is CC1CCCN(C(=O)c2cccc(Cl)c2-c2ncccn2)C1CNc1ncc(Cl)cn1. The molecule has 1 fully saturated rings. The standard InChI is InChI=1S/C22H22Cl2N6O/c1-14-5-3-10-30(18(14)13-29-22-27-11-15(23)12-28-22)21(31)16-6-2-7-17(24)19(16)20-25-8-4-9-26-20/h2,4,6-9,11-12,14,18H,3,5,10,13H2,1H3,(H,27,28,29). The van der Waals surface area contributed by atoms with Crippen molar-refractivity contribution in [2.24, 2.45) is 5.92 Å². The van der Waals surface area contributed by atoms with E-state index in [-0.39, 0.29) is 11.9 Å². The minimum Gasteiger partial charge on any atom is -0.352 e. The summed E-state index contributed by atoms with van der Waals surface area (Å²) in [6, 6.07) is 7.02. The second kappa shape index (κ2) is 9.58. The summed E-state index contributed by atoms with van der Waals surface area (Å²) in [7, 11) is 0. The van der Waals surface area contributed by atoms with Crippen molar-refractivity contribution in [3.63, 3.8) is 0 Å². The Morgan fingerprint density at radius 1 is 1.13 bits per heavy atom. The van der Waals surface area contributed by atoms with E-state index in [1.807, 2.05) is 4.90 Å². The molecule has 2 atom stereocenters. The van der Waals surface area contributed by atoms with Gasteiger partial charge in [0.05, 0.1) is 39.6 Å². The summed E-state index contributed by atoms with van der Waals surface area (Å²) < 4.78 is 0. The van der Waals surface area contributed by atoms with Gasteiger partial charge in [-0.3, -0.25) is 4.79 Å². The zero-order valence-electron chi connectivity index (χ0n) is 17.0. The van der Waals surface area contributed by atoms with Crippen LogP contribution >= 0.6 is 23.2 Å². The highest BCUT2D eigenvalue weighted by Gasteiger charge is 2.34. The first-order valence-corrected chi connectivity index (χ1v) is 10.9. The quantitative estimate of drug-likeness (QED) is 0.603. The van der Waals surface area contributed by atoms with Gasteiger partial charge in [0.1, 0.15) is 0 Å². The van der Waals surface area contributed by atoms with Crippen LogP contribution < -0.4 is 5.32 Å². The number of piperidine rings is 1. The van der Waals surface area contributed by atoms with Crippen molar-refractivity contribution in [3.05, 3.63) is 64.7 Å². The van der Waals surface area contributed by atoms with Gasteiger partial charge >= 0.3 is 0 Å². The molecule has 0 radical (unpaired) electrons. The lowest BCUT2D eigenvalue weighted by Crippen LogP contribution is -2.51. The minimum absolute atomic E-state index is 0.0240. The molecule has 2 aromatic heterocycles. The second-order valence-electron chi connectivity index (χ2n) is 7.53. The van der Waals surface area contributed by atoms with Gasteiger partial charge in [-0.25, -0.2) is 19.9 Å². The van der Waals surface area contributed by atoms with Crippen molar-refractivity contribution in [3.8, 4) is 11.4 Å². The van der Waals surface area contributed by atoms with Crippen LogP contribution in [-0.2, 0) is 0 Å². The third-order valence-corrected chi connectivity index (χ3v) is 6.01. The molecule has 31 heavy (non-hydrogen) atoms. The Morgan fingerprint density at radius 2 is 1.87 bits per heavy atom. The number of nitrogens with zero attached hydrogens (tertiary/aromatic N) is 5. The first-order chi connectivity index (χ1) is 15.0. The van der Waals surface area contributed by atoms with Gasteiger partial charge in [0.2, 0.25) is 5.95 Å². The average molecular weight is 457 g/mol. The molecule has 0 saturated carbocycles. The highest BCUT2D eigenvalue weighted by molar-refractivity contribution is 6.34. The van der Waals surface area contributed by atoms with E-state index in [0.29, 0.717) is 52.0 Å². The zero-order valence-corrected chi connectivity index (χ0v) is 18.5. The highest BCUT2D eigenvalue weighted by atomic mass is 35.5. The summed E-state index contributed by atoms with van der Waals surface area (Å²) in [5.74, 6) is 1.15. The van der Waals surface area contributed by atoms with Crippen LogP contribution in [-0.4, -0.2) is 49.9 Å².